The highest BCUT2D eigenvalue weighted by Gasteiger charge is 2.06. The molecule has 2 rings (SSSR count). The molecule has 0 radical (unpaired) electrons. The lowest BCUT2D eigenvalue weighted by molar-refractivity contribution is 0.335. The van der Waals surface area contributed by atoms with Crippen LogP contribution in [0.2, 0.25) is 0 Å². The summed E-state index contributed by atoms with van der Waals surface area (Å²) in [6, 6.07) is 5.69. The van der Waals surface area contributed by atoms with E-state index < -0.39 is 0 Å². The predicted molar refractivity (Wildman–Crippen MR) is 54.3 cm³/mol. The van der Waals surface area contributed by atoms with Crippen LogP contribution in [-0.2, 0) is 0 Å². The van der Waals surface area contributed by atoms with Crippen molar-refractivity contribution in [1.29, 1.82) is 0 Å². The van der Waals surface area contributed by atoms with Crippen molar-refractivity contribution in [2.24, 2.45) is 0 Å². The Morgan fingerprint density at radius 1 is 1.36 bits per heavy atom. The van der Waals surface area contributed by atoms with Gasteiger partial charge >= 0.3 is 0 Å². The second kappa shape index (κ2) is 4.15. The number of aromatic nitrogens is 3. The Balaban J connectivity index is 2.25. The molecule has 0 aliphatic heterocycles. The van der Waals surface area contributed by atoms with Gasteiger partial charge in [0.1, 0.15) is 5.69 Å². The van der Waals surface area contributed by atoms with Crippen LogP contribution in [0.4, 0.5) is 0 Å². The normalized spacial score (nSPS) is 10.1. The van der Waals surface area contributed by atoms with Crippen LogP contribution in [0.3, 0.4) is 0 Å². The third kappa shape index (κ3) is 1.88. The van der Waals surface area contributed by atoms with Crippen LogP contribution in [0.5, 0.6) is 5.19 Å². The fourth-order valence-corrected chi connectivity index (χ4v) is 1.72. The van der Waals surface area contributed by atoms with Crippen LogP contribution < -0.4 is 4.74 Å². The van der Waals surface area contributed by atoms with Gasteiger partial charge < -0.3 is 4.74 Å². The summed E-state index contributed by atoms with van der Waals surface area (Å²) in [5, 5.41) is 9.25. The molecule has 5 heteroatoms. The van der Waals surface area contributed by atoms with E-state index in [1.54, 1.807) is 6.20 Å². The van der Waals surface area contributed by atoms with Crippen molar-refractivity contribution in [3.63, 3.8) is 0 Å². The maximum atomic E-state index is 5.23. The van der Waals surface area contributed by atoms with E-state index in [0.29, 0.717) is 11.8 Å². The van der Waals surface area contributed by atoms with Crippen LogP contribution in [0.1, 0.15) is 6.92 Å². The lowest BCUT2D eigenvalue weighted by Crippen LogP contribution is -1.89. The highest BCUT2D eigenvalue weighted by molar-refractivity contribution is 7.16. The average molecular weight is 207 g/mol. The molecule has 2 heterocycles. The lowest BCUT2D eigenvalue weighted by Gasteiger charge is -1.92. The van der Waals surface area contributed by atoms with Crippen LogP contribution in [0, 0.1) is 0 Å². The van der Waals surface area contributed by atoms with Crippen molar-refractivity contribution in [2.45, 2.75) is 6.92 Å². The third-order valence-electron chi connectivity index (χ3n) is 1.56. The molecule has 0 bridgehead atoms. The van der Waals surface area contributed by atoms with E-state index >= 15 is 0 Å². The molecule has 0 aromatic carbocycles. The van der Waals surface area contributed by atoms with Gasteiger partial charge in [0.15, 0.2) is 5.01 Å². The molecule has 2 aromatic rings. The first kappa shape index (κ1) is 9.08. The number of hydrogen-bond donors (Lipinski definition) is 0. The van der Waals surface area contributed by atoms with Gasteiger partial charge in [0, 0.05) is 6.20 Å². The monoisotopic (exact) mass is 207 g/mol. The van der Waals surface area contributed by atoms with Crippen LogP contribution >= 0.6 is 11.3 Å². The summed E-state index contributed by atoms with van der Waals surface area (Å²) in [5.74, 6) is 0. The Hall–Kier alpha value is -1.49. The Bertz CT molecular complexity index is 401. The lowest BCUT2D eigenvalue weighted by atomic mass is 10.4. The second-order valence-electron chi connectivity index (χ2n) is 2.52. The van der Waals surface area contributed by atoms with Gasteiger partial charge in [0.25, 0.3) is 5.19 Å². The third-order valence-corrected chi connectivity index (χ3v) is 2.42. The zero-order valence-electron chi connectivity index (χ0n) is 7.67. The molecule has 0 saturated carbocycles. The number of nitrogens with zero attached hydrogens (tertiary/aromatic N) is 3. The van der Waals surface area contributed by atoms with E-state index in [-0.39, 0.29) is 0 Å². The molecular weight excluding hydrogens is 198 g/mol. The minimum atomic E-state index is 0.591. The van der Waals surface area contributed by atoms with E-state index in [4.69, 9.17) is 4.74 Å². The van der Waals surface area contributed by atoms with Crippen LogP contribution in [-0.4, -0.2) is 21.8 Å². The van der Waals surface area contributed by atoms with Gasteiger partial charge in [0.2, 0.25) is 0 Å². The van der Waals surface area contributed by atoms with E-state index in [9.17, 15) is 0 Å². The molecular formula is C9H9N3OS. The zero-order chi connectivity index (χ0) is 9.80. The molecule has 14 heavy (non-hydrogen) atoms. The summed E-state index contributed by atoms with van der Waals surface area (Å²) in [5.41, 5.74) is 0.830. The Labute approximate surface area is 85.6 Å². The van der Waals surface area contributed by atoms with E-state index in [2.05, 4.69) is 15.2 Å². The van der Waals surface area contributed by atoms with Gasteiger partial charge in [-0.15, -0.1) is 5.10 Å². The molecule has 0 amide bonds. The van der Waals surface area contributed by atoms with Gasteiger partial charge in [0.05, 0.1) is 6.61 Å². The highest BCUT2D eigenvalue weighted by Crippen LogP contribution is 2.25. The van der Waals surface area contributed by atoms with E-state index in [0.717, 1.165) is 10.7 Å². The van der Waals surface area contributed by atoms with E-state index in [1.807, 2.05) is 25.1 Å². The number of pyridine rings is 1. The first-order chi connectivity index (χ1) is 6.90. The van der Waals surface area contributed by atoms with Gasteiger partial charge in [-0.2, -0.15) is 0 Å². The van der Waals surface area contributed by atoms with Crippen molar-refractivity contribution in [2.75, 3.05) is 6.61 Å². The number of hydrogen-bond acceptors (Lipinski definition) is 5. The van der Waals surface area contributed by atoms with Gasteiger partial charge in [-0.3, -0.25) is 4.98 Å². The maximum Gasteiger partial charge on any atom is 0.294 e. The molecule has 0 saturated heterocycles. The molecule has 0 N–H and O–H groups in total. The first-order valence-electron chi connectivity index (χ1n) is 4.28. The molecule has 4 nitrogen and oxygen atoms in total. The molecule has 0 spiro atoms. The van der Waals surface area contributed by atoms with Gasteiger partial charge in [-0.05, 0) is 19.1 Å². The quantitative estimate of drug-likeness (QED) is 0.772. The predicted octanol–water partition coefficient (Wildman–Crippen LogP) is 2.00. The molecule has 72 valence electrons. The highest BCUT2D eigenvalue weighted by atomic mass is 32.1. The minimum Gasteiger partial charge on any atom is -0.469 e. The van der Waals surface area contributed by atoms with Crippen molar-refractivity contribution in [3.05, 3.63) is 24.4 Å². The first-order valence-corrected chi connectivity index (χ1v) is 5.09. The number of rotatable bonds is 3. The van der Waals surface area contributed by atoms with Crippen LogP contribution in [0.25, 0.3) is 10.7 Å². The molecule has 0 aliphatic carbocycles. The summed E-state index contributed by atoms with van der Waals surface area (Å²) < 4.78 is 5.23. The largest absolute Gasteiger partial charge is 0.469 e. The summed E-state index contributed by atoms with van der Waals surface area (Å²) in [7, 11) is 0. The number of ether oxygens (including phenoxy) is 1. The van der Waals surface area contributed by atoms with Crippen molar-refractivity contribution in [3.8, 4) is 15.9 Å². The molecule has 0 fully saturated rings. The van der Waals surface area contributed by atoms with Crippen LogP contribution in [0.15, 0.2) is 24.4 Å². The van der Waals surface area contributed by atoms with Crippen molar-refractivity contribution in [1.82, 2.24) is 15.2 Å². The van der Waals surface area contributed by atoms with Gasteiger partial charge in [-0.25, -0.2) is 0 Å². The Morgan fingerprint density at radius 3 is 3.00 bits per heavy atom. The SMILES string of the molecule is CCOc1nnc(-c2ccccn2)s1. The Kier molecular flexibility index (Phi) is 2.69. The summed E-state index contributed by atoms with van der Waals surface area (Å²) in [6.45, 7) is 2.53. The Morgan fingerprint density at radius 2 is 2.29 bits per heavy atom. The molecule has 2 aromatic heterocycles. The molecule has 0 aliphatic rings. The summed E-state index contributed by atoms with van der Waals surface area (Å²) >= 11 is 1.40. The maximum absolute atomic E-state index is 5.23. The summed E-state index contributed by atoms with van der Waals surface area (Å²) in [6.07, 6.45) is 1.73. The van der Waals surface area contributed by atoms with Crippen molar-refractivity contribution >= 4 is 11.3 Å². The van der Waals surface area contributed by atoms with Gasteiger partial charge in [-0.1, -0.05) is 22.5 Å². The fraction of sp³-hybridized carbons (Fsp3) is 0.222. The minimum absolute atomic E-state index is 0.591. The second-order valence-corrected chi connectivity index (χ2v) is 3.46. The fourth-order valence-electron chi connectivity index (χ4n) is 0.984. The topological polar surface area (TPSA) is 47.9 Å². The smallest absolute Gasteiger partial charge is 0.294 e. The van der Waals surface area contributed by atoms with E-state index in [1.165, 1.54) is 11.3 Å². The van der Waals surface area contributed by atoms with Crippen molar-refractivity contribution < 1.29 is 4.74 Å². The summed E-state index contributed by atoms with van der Waals surface area (Å²) in [4.78, 5) is 4.17. The average Bonchev–Trinajstić information content (AvgIpc) is 2.68. The standard InChI is InChI=1S/C9H9N3OS/c1-2-13-9-12-11-8(14-9)7-5-3-4-6-10-7/h3-6H,2H2,1H3. The zero-order valence-corrected chi connectivity index (χ0v) is 8.49. The molecule has 0 unspecified atom stereocenters. The molecule has 0 atom stereocenters.